The highest BCUT2D eigenvalue weighted by Gasteiger charge is 2.28. The van der Waals surface area contributed by atoms with Gasteiger partial charge in [0.05, 0.1) is 11.4 Å². The van der Waals surface area contributed by atoms with Gasteiger partial charge in [-0.25, -0.2) is 0 Å². The van der Waals surface area contributed by atoms with Crippen LogP contribution < -0.4 is 5.32 Å². The van der Waals surface area contributed by atoms with Crippen LogP contribution >= 0.6 is 11.8 Å². The van der Waals surface area contributed by atoms with Crippen molar-refractivity contribution < 1.29 is 19.5 Å². The molecule has 2 aliphatic rings. The maximum Gasteiger partial charge on any atom is 0.303 e. The molecule has 0 aromatic heterocycles. The first-order valence-electron chi connectivity index (χ1n) is 8.14. The lowest BCUT2D eigenvalue weighted by atomic mass is 9.97. The summed E-state index contributed by atoms with van der Waals surface area (Å²) < 4.78 is 0. The Bertz CT molecular complexity index is 677. The highest BCUT2D eigenvalue weighted by Crippen LogP contribution is 2.33. The van der Waals surface area contributed by atoms with Crippen molar-refractivity contribution in [2.75, 3.05) is 17.6 Å². The van der Waals surface area contributed by atoms with Crippen molar-refractivity contribution in [1.82, 2.24) is 4.90 Å². The van der Waals surface area contributed by atoms with Gasteiger partial charge in [-0.05, 0) is 43.9 Å². The minimum Gasteiger partial charge on any atom is -0.481 e. The van der Waals surface area contributed by atoms with E-state index in [-0.39, 0.29) is 24.3 Å². The molecule has 2 aliphatic heterocycles. The normalized spacial score (nSPS) is 20.2. The third-order valence-electron chi connectivity index (χ3n) is 4.44. The number of benzene rings is 1. The summed E-state index contributed by atoms with van der Waals surface area (Å²) in [5.41, 5.74) is 1.22. The Morgan fingerprint density at radius 2 is 2.17 bits per heavy atom. The summed E-state index contributed by atoms with van der Waals surface area (Å²) >= 11 is 1.46. The molecule has 0 aliphatic carbocycles. The van der Waals surface area contributed by atoms with Crippen LogP contribution in [0.1, 0.15) is 42.5 Å². The molecular formula is C17H20N2O4S. The second-order valence-corrected chi connectivity index (χ2v) is 7.15. The molecule has 7 heteroatoms. The molecule has 6 nitrogen and oxygen atoms in total. The number of hydrogen-bond acceptors (Lipinski definition) is 4. The van der Waals surface area contributed by atoms with E-state index in [1.807, 2.05) is 6.07 Å². The Morgan fingerprint density at radius 3 is 2.96 bits per heavy atom. The van der Waals surface area contributed by atoms with Crippen LogP contribution in [0.15, 0.2) is 23.1 Å². The van der Waals surface area contributed by atoms with Crippen LogP contribution in [0.2, 0.25) is 0 Å². The van der Waals surface area contributed by atoms with Crippen molar-refractivity contribution in [3.05, 3.63) is 23.8 Å². The number of rotatable bonds is 4. The van der Waals surface area contributed by atoms with Gasteiger partial charge in [-0.3, -0.25) is 14.4 Å². The molecule has 128 valence electrons. The summed E-state index contributed by atoms with van der Waals surface area (Å²) in [6.45, 7) is 0.654. The van der Waals surface area contributed by atoms with Gasteiger partial charge in [0.1, 0.15) is 0 Å². The van der Waals surface area contributed by atoms with E-state index >= 15 is 0 Å². The number of hydrogen-bond donors (Lipinski definition) is 2. The number of carbonyl (C=O) groups excluding carboxylic acids is 2. The molecule has 0 spiro atoms. The number of fused-ring (bicyclic) bond motifs is 1. The van der Waals surface area contributed by atoms with E-state index in [1.54, 1.807) is 17.0 Å². The van der Waals surface area contributed by atoms with E-state index in [2.05, 4.69) is 5.32 Å². The van der Waals surface area contributed by atoms with Crippen LogP contribution in [0.3, 0.4) is 0 Å². The Morgan fingerprint density at radius 1 is 1.33 bits per heavy atom. The average Bonchev–Trinajstić information content (AvgIpc) is 2.59. The van der Waals surface area contributed by atoms with Crippen LogP contribution in [0.4, 0.5) is 5.69 Å². The Balaban J connectivity index is 1.77. The molecule has 2 amide bonds. The number of carboxylic acids is 1. The molecule has 1 unspecified atom stereocenters. The number of likely N-dealkylation sites (tertiary alicyclic amines) is 1. The number of anilines is 1. The van der Waals surface area contributed by atoms with E-state index in [0.29, 0.717) is 30.0 Å². The molecule has 2 heterocycles. The van der Waals surface area contributed by atoms with E-state index in [0.717, 1.165) is 24.2 Å². The predicted molar refractivity (Wildman–Crippen MR) is 91.3 cm³/mol. The fourth-order valence-corrected chi connectivity index (χ4v) is 4.03. The quantitative estimate of drug-likeness (QED) is 0.873. The molecule has 3 rings (SSSR count). The summed E-state index contributed by atoms with van der Waals surface area (Å²) in [5, 5.41) is 11.7. The van der Waals surface area contributed by atoms with E-state index < -0.39 is 5.97 Å². The van der Waals surface area contributed by atoms with Gasteiger partial charge in [0.2, 0.25) is 5.91 Å². The molecule has 1 aromatic rings. The summed E-state index contributed by atoms with van der Waals surface area (Å²) in [6, 6.07) is 5.35. The number of piperidine rings is 1. The molecule has 1 saturated heterocycles. The lowest BCUT2D eigenvalue weighted by Gasteiger charge is -2.36. The summed E-state index contributed by atoms with van der Waals surface area (Å²) in [4.78, 5) is 38.0. The lowest BCUT2D eigenvalue weighted by molar-refractivity contribution is -0.137. The molecule has 0 radical (unpaired) electrons. The zero-order valence-electron chi connectivity index (χ0n) is 13.3. The van der Waals surface area contributed by atoms with Crippen LogP contribution in [-0.2, 0) is 9.59 Å². The van der Waals surface area contributed by atoms with Crippen LogP contribution in [0.5, 0.6) is 0 Å². The second-order valence-electron chi connectivity index (χ2n) is 6.13. The van der Waals surface area contributed by atoms with Gasteiger partial charge in [-0.15, -0.1) is 11.8 Å². The standard InChI is InChI=1S/C17H20N2O4S/c20-15-10-24-14-6-4-11(9-13(14)18-15)17(23)19-8-2-1-3-12(19)5-7-16(21)22/h4,6,9,12H,1-3,5,7-8,10H2,(H,18,20)(H,21,22). The maximum atomic E-state index is 12.9. The molecule has 0 bridgehead atoms. The predicted octanol–water partition coefficient (Wildman–Crippen LogP) is 2.59. The van der Waals surface area contributed by atoms with Gasteiger partial charge in [0.15, 0.2) is 0 Å². The van der Waals surface area contributed by atoms with E-state index in [9.17, 15) is 14.4 Å². The minimum absolute atomic E-state index is 0.0256. The molecule has 1 aromatic carbocycles. The number of nitrogens with zero attached hydrogens (tertiary/aromatic N) is 1. The summed E-state index contributed by atoms with van der Waals surface area (Å²) in [7, 11) is 0. The monoisotopic (exact) mass is 348 g/mol. The third kappa shape index (κ3) is 3.72. The number of aliphatic carboxylic acids is 1. The molecule has 1 fully saturated rings. The Labute approximate surface area is 144 Å². The van der Waals surface area contributed by atoms with Crippen molar-refractivity contribution in [3.63, 3.8) is 0 Å². The van der Waals surface area contributed by atoms with Gasteiger partial charge >= 0.3 is 5.97 Å². The van der Waals surface area contributed by atoms with Gasteiger partial charge in [0.25, 0.3) is 5.91 Å². The fourth-order valence-electron chi connectivity index (χ4n) is 3.24. The van der Waals surface area contributed by atoms with Crippen molar-refractivity contribution in [2.45, 2.75) is 43.0 Å². The van der Waals surface area contributed by atoms with Gasteiger partial charge in [-0.1, -0.05) is 0 Å². The molecular weight excluding hydrogens is 328 g/mol. The van der Waals surface area contributed by atoms with Crippen molar-refractivity contribution >= 4 is 35.2 Å². The highest BCUT2D eigenvalue weighted by molar-refractivity contribution is 8.00. The molecule has 1 atom stereocenters. The number of carbonyl (C=O) groups is 3. The first-order valence-corrected chi connectivity index (χ1v) is 9.12. The topological polar surface area (TPSA) is 86.7 Å². The smallest absolute Gasteiger partial charge is 0.303 e. The zero-order chi connectivity index (χ0) is 17.1. The molecule has 24 heavy (non-hydrogen) atoms. The van der Waals surface area contributed by atoms with Crippen LogP contribution in [0, 0.1) is 0 Å². The Hall–Kier alpha value is -2.02. The zero-order valence-corrected chi connectivity index (χ0v) is 14.1. The number of amides is 2. The van der Waals surface area contributed by atoms with Crippen molar-refractivity contribution in [2.24, 2.45) is 0 Å². The van der Waals surface area contributed by atoms with Crippen molar-refractivity contribution in [1.29, 1.82) is 0 Å². The van der Waals surface area contributed by atoms with Gasteiger partial charge in [0, 0.05) is 29.5 Å². The van der Waals surface area contributed by atoms with Crippen LogP contribution in [0.25, 0.3) is 0 Å². The molecule has 2 N–H and O–H groups in total. The van der Waals surface area contributed by atoms with Crippen LogP contribution in [-0.4, -0.2) is 46.1 Å². The van der Waals surface area contributed by atoms with Gasteiger partial charge in [-0.2, -0.15) is 0 Å². The second kappa shape index (κ2) is 7.25. The summed E-state index contributed by atoms with van der Waals surface area (Å²) in [5.74, 6) is -0.586. The fraction of sp³-hybridized carbons (Fsp3) is 0.471. The average molecular weight is 348 g/mol. The largest absolute Gasteiger partial charge is 0.481 e. The number of carboxylic acid groups (broad SMARTS) is 1. The minimum atomic E-state index is -0.832. The first kappa shape index (κ1) is 16.8. The first-order chi connectivity index (χ1) is 11.5. The third-order valence-corrected chi connectivity index (χ3v) is 5.51. The molecule has 0 saturated carbocycles. The highest BCUT2D eigenvalue weighted by atomic mass is 32.2. The maximum absolute atomic E-state index is 12.9. The van der Waals surface area contributed by atoms with Crippen molar-refractivity contribution in [3.8, 4) is 0 Å². The lowest BCUT2D eigenvalue weighted by Crippen LogP contribution is -2.44. The Kier molecular flexibility index (Phi) is 5.08. The SMILES string of the molecule is O=C(O)CCC1CCCCN1C(=O)c1ccc2c(c1)NC(=O)CS2. The summed E-state index contributed by atoms with van der Waals surface area (Å²) in [6.07, 6.45) is 3.36. The number of nitrogens with one attached hydrogen (secondary N) is 1. The van der Waals surface area contributed by atoms with E-state index in [4.69, 9.17) is 5.11 Å². The van der Waals surface area contributed by atoms with E-state index in [1.165, 1.54) is 11.8 Å². The number of thioether (sulfide) groups is 1. The van der Waals surface area contributed by atoms with Gasteiger partial charge < -0.3 is 15.3 Å².